The fourth-order valence-electron chi connectivity index (χ4n) is 2.05. The van der Waals surface area contributed by atoms with Gasteiger partial charge in [-0.05, 0) is 33.9 Å². The fourth-order valence-corrected chi connectivity index (χ4v) is 2.05. The van der Waals surface area contributed by atoms with Crippen LogP contribution in [0.5, 0.6) is 5.75 Å². The molecule has 0 saturated carbocycles. The first-order chi connectivity index (χ1) is 7.96. The van der Waals surface area contributed by atoms with Gasteiger partial charge in [-0.15, -0.1) is 0 Å². The first kappa shape index (κ1) is 13.5. The Morgan fingerprint density at radius 1 is 1.41 bits per heavy atom. The average molecular weight is 232 g/mol. The molecule has 0 amide bonds. The van der Waals surface area contributed by atoms with Gasteiger partial charge in [0.1, 0.15) is 5.75 Å². The highest BCUT2D eigenvalue weighted by Gasteiger charge is 2.31. The monoisotopic (exact) mass is 232 g/mol. The van der Waals surface area contributed by atoms with Crippen molar-refractivity contribution >= 4 is 0 Å². The predicted octanol–water partition coefficient (Wildman–Crippen LogP) is 2.81. The molecule has 3 heteroatoms. The van der Waals surface area contributed by atoms with Gasteiger partial charge in [0.25, 0.3) is 0 Å². The second-order valence-corrected chi connectivity index (χ2v) is 4.80. The van der Waals surface area contributed by atoms with E-state index < -0.39 is 5.41 Å². The number of methoxy groups -OCH3 is 1. The van der Waals surface area contributed by atoms with Crippen LogP contribution in [0.4, 0.5) is 0 Å². The molecule has 1 rings (SSSR count). The summed E-state index contributed by atoms with van der Waals surface area (Å²) < 4.78 is 5.37. The summed E-state index contributed by atoms with van der Waals surface area (Å²) in [4.78, 5) is 0. The molecular weight excluding hydrogens is 212 g/mol. The predicted molar refractivity (Wildman–Crippen MR) is 68.9 cm³/mol. The maximum atomic E-state index is 9.26. The van der Waals surface area contributed by atoms with E-state index in [4.69, 9.17) is 4.74 Å². The standard InChI is InChI=1S/C14H20N2O/c1-10-6-7-12(17-5)11(8-10)13(16-4)14(2,3)9-15/h6-8,13,16H,1-5H3. The number of hydrogen-bond acceptors (Lipinski definition) is 3. The van der Waals surface area contributed by atoms with E-state index in [1.807, 2.05) is 40.0 Å². The van der Waals surface area contributed by atoms with Crippen molar-refractivity contribution in [2.24, 2.45) is 5.41 Å². The van der Waals surface area contributed by atoms with Crippen LogP contribution in [0.2, 0.25) is 0 Å². The van der Waals surface area contributed by atoms with E-state index in [0.29, 0.717) is 0 Å². The van der Waals surface area contributed by atoms with E-state index in [9.17, 15) is 5.26 Å². The highest BCUT2D eigenvalue weighted by molar-refractivity contribution is 5.40. The molecule has 0 aliphatic carbocycles. The lowest BCUT2D eigenvalue weighted by molar-refractivity contribution is 0.326. The molecule has 0 fully saturated rings. The lowest BCUT2D eigenvalue weighted by atomic mass is 9.81. The van der Waals surface area contributed by atoms with E-state index in [-0.39, 0.29) is 6.04 Å². The first-order valence-corrected chi connectivity index (χ1v) is 5.69. The van der Waals surface area contributed by atoms with Gasteiger partial charge in [0.05, 0.1) is 24.6 Å². The van der Waals surface area contributed by atoms with Crippen molar-refractivity contribution in [3.63, 3.8) is 0 Å². The number of nitriles is 1. The molecule has 92 valence electrons. The summed E-state index contributed by atoms with van der Waals surface area (Å²) in [7, 11) is 3.52. The Morgan fingerprint density at radius 2 is 2.06 bits per heavy atom. The Kier molecular flexibility index (Phi) is 4.14. The Balaban J connectivity index is 3.30. The second kappa shape index (κ2) is 5.20. The molecule has 1 atom stereocenters. The summed E-state index contributed by atoms with van der Waals surface area (Å²) in [6, 6.07) is 8.31. The zero-order valence-electron chi connectivity index (χ0n) is 11.2. The second-order valence-electron chi connectivity index (χ2n) is 4.80. The molecule has 0 bridgehead atoms. The summed E-state index contributed by atoms with van der Waals surface area (Å²) in [5, 5.41) is 12.5. The lowest BCUT2D eigenvalue weighted by Crippen LogP contribution is -2.31. The third kappa shape index (κ3) is 2.78. The summed E-state index contributed by atoms with van der Waals surface area (Å²) in [6.45, 7) is 5.89. The zero-order valence-corrected chi connectivity index (χ0v) is 11.2. The highest BCUT2D eigenvalue weighted by Crippen LogP contribution is 2.37. The van der Waals surface area contributed by atoms with Crippen molar-refractivity contribution in [1.29, 1.82) is 5.26 Å². The maximum absolute atomic E-state index is 9.26. The highest BCUT2D eigenvalue weighted by atomic mass is 16.5. The number of nitrogens with zero attached hydrogens (tertiary/aromatic N) is 1. The van der Waals surface area contributed by atoms with E-state index in [0.717, 1.165) is 16.9 Å². The van der Waals surface area contributed by atoms with Crippen LogP contribution in [0.1, 0.15) is 31.0 Å². The van der Waals surface area contributed by atoms with Crippen LogP contribution in [-0.2, 0) is 0 Å². The molecular formula is C14H20N2O. The Hall–Kier alpha value is -1.53. The minimum absolute atomic E-state index is 0.0534. The van der Waals surface area contributed by atoms with Gasteiger partial charge in [0.15, 0.2) is 0 Å². The van der Waals surface area contributed by atoms with E-state index >= 15 is 0 Å². The van der Waals surface area contributed by atoms with Crippen molar-refractivity contribution in [1.82, 2.24) is 5.32 Å². The van der Waals surface area contributed by atoms with Gasteiger partial charge >= 0.3 is 0 Å². The van der Waals surface area contributed by atoms with Crippen LogP contribution >= 0.6 is 0 Å². The molecule has 1 aromatic carbocycles. The number of hydrogen-bond donors (Lipinski definition) is 1. The number of ether oxygens (including phenoxy) is 1. The average Bonchev–Trinajstić information content (AvgIpc) is 2.30. The number of aryl methyl sites for hydroxylation is 1. The molecule has 0 aliphatic heterocycles. The van der Waals surface area contributed by atoms with Crippen LogP contribution < -0.4 is 10.1 Å². The molecule has 0 aromatic heterocycles. The largest absolute Gasteiger partial charge is 0.496 e. The zero-order chi connectivity index (χ0) is 13.1. The van der Waals surface area contributed by atoms with Gasteiger partial charge in [0, 0.05) is 5.56 Å². The maximum Gasteiger partial charge on any atom is 0.123 e. The van der Waals surface area contributed by atoms with Gasteiger partial charge in [0.2, 0.25) is 0 Å². The van der Waals surface area contributed by atoms with Crippen molar-refractivity contribution in [2.45, 2.75) is 26.8 Å². The lowest BCUT2D eigenvalue weighted by Gasteiger charge is -2.29. The van der Waals surface area contributed by atoms with Gasteiger partial charge in [-0.2, -0.15) is 5.26 Å². The van der Waals surface area contributed by atoms with Crippen molar-refractivity contribution in [3.8, 4) is 11.8 Å². The van der Waals surface area contributed by atoms with Crippen molar-refractivity contribution in [2.75, 3.05) is 14.2 Å². The molecule has 0 radical (unpaired) electrons. The third-order valence-electron chi connectivity index (χ3n) is 2.99. The van der Waals surface area contributed by atoms with Gasteiger partial charge < -0.3 is 10.1 Å². The molecule has 0 aliphatic rings. The van der Waals surface area contributed by atoms with Gasteiger partial charge in [-0.3, -0.25) is 0 Å². The van der Waals surface area contributed by atoms with Gasteiger partial charge in [-0.1, -0.05) is 17.7 Å². The van der Waals surface area contributed by atoms with Crippen LogP contribution in [-0.4, -0.2) is 14.2 Å². The first-order valence-electron chi connectivity index (χ1n) is 5.69. The molecule has 17 heavy (non-hydrogen) atoms. The molecule has 0 saturated heterocycles. The Bertz CT molecular complexity index is 432. The topological polar surface area (TPSA) is 45.0 Å². The summed E-state index contributed by atoms with van der Waals surface area (Å²) >= 11 is 0. The molecule has 1 unspecified atom stereocenters. The molecule has 1 aromatic rings. The Labute approximate surface area is 103 Å². The SMILES string of the molecule is CNC(c1cc(C)ccc1OC)C(C)(C)C#N. The summed E-state index contributed by atoms with van der Waals surface area (Å²) in [5.41, 5.74) is 1.70. The van der Waals surface area contributed by atoms with Crippen LogP contribution in [0.3, 0.4) is 0 Å². The fraction of sp³-hybridized carbons (Fsp3) is 0.500. The van der Waals surface area contributed by atoms with E-state index in [2.05, 4.69) is 17.5 Å². The third-order valence-corrected chi connectivity index (χ3v) is 2.99. The van der Waals surface area contributed by atoms with Crippen molar-refractivity contribution < 1.29 is 4.74 Å². The van der Waals surface area contributed by atoms with Gasteiger partial charge in [-0.25, -0.2) is 0 Å². The van der Waals surface area contributed by atoms with Crippen molar-refractivity contribution in [3.05, 3.63) is 29.3 Å². The number of rotatable bonds is 4. The molecule has 3 nitrogen and oxygen atoms in total. The minimum Gasteiger partial charge on any atom is -0.496 e. The number of benzene rings is 1. The Morgan fingerprint density at radius 3 is 2.53 bits per heavy atom. The van der Waals surface area contributed by atoms with Crippen LogP contribution in [0, 0.1) is 23.7 Å². The van der Waals surface area contributed by atoms with E-state index in [1.165, 1.54) is 0 Å². The smallest absolute Gasteiger partial charge is 0.123 e. The number of nitrogens with one attached hydrogen (secondary N) is 1. The van der Waals surface area contributed by atoms with Crippen LogP contribution in [0.15, 0.2) is 18.2 Å². The molecule has 0 spiro atoms. The van der Waals surface area contributed by atoms with E-state index in [1.54, 1.807) is 7.11 Å². The summed E-state index contributed by atoms with van der Waals surface area (Å²) in [5.74, 6) is 0.818. The van der Waals surface area contributed by atoms with Crippen LogP contribution in [0.25, 0.3) is 0 Å². The normalized spacial score (nSPS) is 12.9. The summed E-state index contributed by atoms with van der Waals surface area (Å²) in [6.07, 6.45) is 0. The quantitative estimate of drug-likeness (QED) is 0.868. The molecule has 1 N–H and O–H groups in total. The minimum atomic E-state index is -0.490. The molecule has 0 heterocycles.